The second-order valence-electron chi connectivity index (χ2n) is 8.64. The number of hydrogen-bond acceptors (Lipinski definition) is 2. The molecule has 4 rings (SSSR count). The zero-order chi connectivity index (χ0) is 22.5. The second-order valence-corrected chi connectivity index (χ2v) is 8.64. The van der Waals surface area contributed by atoms with Crippen molar-refractivity contribution >= 4 is 11.8 Å². The molecule has 0 aliphatic carbocycles. The number of amides is 2. The van der Waals surface area contributed by atoms with Gasteiger partial charge in [-0.25, -0.2) is 0 Å². The van der Waals surface area contributed by atoms with Crippen molar-refractivity contribution in [3.63, 3.8) is 0 Å². The normalized spacial score (nSPS) is 14.9. The lowest BCUT2D eigenvalue weighted by Gasteiger charge is -2.32. The van der Waals surface area contributed by atoms with Crippen molar-refractivity contribution in [2.45, 2.75) is 33.4 Å². The first kappa shape index (κ1) is 21.8. The molecule has 0 fully saturated rings. The van der Waals surface area contributed by atoms with Crippen molar-refractivity contribution in [3.8, 4) is 11.1 Å². The molecule has 1 heterocycles. The molecule has 0 unspecified atom stereocenters. The Morgan fingerprint density at radius 1 is 0.844 bits per heavy atom. The molecule has 1 aliphatic heterocycles. The SMILES string of the molecule is C[C@@H](C(=O)NCc1cccc(-c2ccccc2)c1)[C@@H](C)C(=O)N1CCc2ccccc2C1. The Morgan fingerprint density at radius 3 is 2.31 bits per heavy atom. The van der Waals surface area contributed by atoms with Gasteiger partial charge in [0.05, 0.1) is 0 Å². The van der Waals surface area contributed by atoms with Crippen LogP contribution in [-0.2, 0) is 29.1 Å². The Morgan fingerprint density at radius 2 is 1.53 bits per heavy atom. The third-order valence-corrected chi connectivity index (χ3v) is 6.50. The molecular formula is C28H30N2O2. The highest BCUT2D eigenvalue weighted by Gasteiger charge is 2.31. The van der Waals surface area contributed by atoms with Crippen LogP contribution in [0.1, 0.15) is 30.5 Å². The topological polar surface area (TPSA) is 49.4 Å². The van der Waals surface area contributed by atoms with Gasteiger partial charge in [-0.2, -0.15) is 0 Å². The molecular weight excluding hydrogens is 396 g/mol. The molecule has 1 N–H and O–H groups in total. The maximum absolute atomic E-state index is 13.1. The Bertz CT molecular complexity index is 1090. The molecule has 3 aromatic rings. The first-order chi connectivity index (χ1) is 15.5. The first-order valence-electron chi connectivity index (χ1n) is 11.3. The average molecular weight is 427 g/mol. The third-order valence-electron chi connectivity index (χ3n) is 6.50. The number of carbonyl (C=O) groups excluding carboxylic acids is 2. The summed E-state index contributed by atoms with van der Waals surface area (Å²) in [5.41, 5.74) is 5.83. The quantitative estimate of drug-likeness (QED) is 0.614. The lowest BCUT2D eigenvalue weighted by molar-refractivity contribution is -0.141. The van der Waals surface area contributed by atoms with Gasteiger partial charge in [-0.05, 0) is 40.3 Å². The summed E-state index contributed by atoms with van der Waals surface area (Å²) in [6, 6.07) is 26.6. The molecule has 0 saturated carbocycles. The molecule has 164 valence electrons. The Balaban J connectivity index is 1.34. The number of hydrogen-bond donors (Lipinski definition) is 1. The second kappa shape index (κ2) is 9.82. The highest BCUT2D eigenvalue weighted by atomic mass is 16.2. The van der Waals surface area contributed by atoms with E-state index in [1.807, 2.05) is 61.2 Å². The first-order valence-corrected chi connectivity index (χ1v) is 11.3. The Kier molecular flexibility index (Phi) is 6.69. The summed E-state index contributed by atoms with van der Waals surface area (Å²) in [7, 11) is 0. The van der Waals surface area contributed by atoms with E-state index in [4.69, 9.17) is 0 Å². The molecule has 0 radical (unpaired) electrons. The van der Waals surface area contributed by atoms with Gasteiger partial charge in [-0.3, -0.25) is 9.59 Å². The zero-order valence-corrected chi connectivity index (χ0v) is 18.8. The standard InChI is InChI=1S/C28H30N2O2/c1-20(21(2)28(32)30-16-15-24-12-6-7-13-26(24)19-30)27(31)29-18-22-9-8-14-25(17-22)23-10-4-3-5-11-23/h3-14,17,20-21H,15-16,18-19H2,1-2H3,(H,29,31)/t20-,21-/m1/s1. The van der Waals surface area contributed by atoms with Gasteiger partial charge in [0.25, 0.3) is 0 Å². The molecule has 4 heteroatoms. The molecule has 2 amide bonds. The minimum absolute atomic E-state index is 0.0493. The fraction of sp³-hybridized carbons (Fsp3) is 0.286. The lowest BCUT2D eigenvalue weighted by atomic mass is 9.91. The van der Waals surface area contributed by atoms with Crippen LogP contribution in [0.3, 0.4) is 0 Å². The largest absolute Gasteiger partial charge is 0.352 e. The fourth-order valence-electron chi connectivity index (χ4n) is 4.25. The lowest BCUT2D eigenvalue weighted by Crippen LogP contribution is -2.43. The molecule has 0 saturated heterocycles. The van der Waals surface area contributed by atoms with E-state index in [2.05, 4.69) is 41.7 Å². The molecule has 3 aromatic carbocycles. The van der Waals surface area contributed by atoms with Crippen LogP contribution in [0, 0.1) is 11.8 Å². The number of benzene rings is 3. The van der Waals surface area contributed by atoms with E-state index in [0.29, 0.717) is 19.6 Å². The van der Waals surface area contributed by atoms with Crippen LogP contribution in [0.4, 0.5) is 0 Å². The van der Waals surface area contributed by atoms with E-state index in [1.165, 1.54) is 11.1 Å². The molecule has 0 bridgehead atoms. The van der Waals surface area contributed by atoms with E-state index in [1.54, 1.807) is 0 Å². The number of fused-ring (bicyclic) bond motifs is 1. The van der Waals surface area contributed by atoms with Crippen LogP contribution in [0.25, 0.3) is 11.1 Å². The minimum atomic E-state index is -0.392. The van der Waals surface area contributed by atoms with E-state index >= 15 is 0 Å². The van der Waals surface area contributed by atoms with Crippen LogP contribution < -0.4 is 5.32 Å². The minimum Gasteiger partial charge on any atom is -0.352 e. The highest BCUT2D eigenvalue weighted by molar-refractivity contribution is 5.87. The number of nitrogens with zero attached hydrogens (tertiary/aromatic N) is 1. The summed E-state index contributed by atoms with van der Waals surface area (Å²) >= 11 is 0. The van der Waals surface area contributed by atoms with Gasteiger partial charge < -0.3 is 10.2 Å². The molecule has 0 spiro atoms. The van der Waals surface area contributed by atoms with E-state index in [-0.39, 0.29) is 17.7 Å². The Labute approximate surface area is 190 Å². The predicted octanol–water partition coefficient (Wildman–Crippen LogP) is 4.83. The molecule has 1 aliphatic rings. The summed E-state index contributed by atoms with van der Waals surface area (Å²) < 4.78 is 0. The van der Waals surface area contributed by atoms with Crippen LogP contribution in [-0.4, -0.2) is 23.3 Å². The summed E-state index contributed by atoms with van der Waals surface area (Å²) in [5, 5.41) is 3.02. The van der Waals surface area contributed by atoms with Crippen molar-refractivity contribution in [3.05, 3.63) is 95.6 Å². The predicted molar refractivity (Wildman–Crippen MR) is 128 cm³/mol. The van der Waals surface area contributed by atoms with E-state index in [9.17, 15) is 9.59 Å². The number of nitrogens with one attached hydrogen (secondary N) is 1. The number of rotatable bonds is 6. The molecule has 0 aromatic heterocycles. The van der Waals surface area contributed by atoms with Crippen LogP contribution >= 0.6 is 0 Å². The maximum atomic E-state index is 13.1. The molecule has 2 atom stereocenters. The van der Waals surface area contributed by atoms with Crippen LogP contribution in [0.2, 0.25) is 0 Å². The van der Waals surface area contributed by atoms with Crippen molar-refractivity contribution in [2.24, 2.45) is 11.8 Å². The van der Waals surface area contributed by atoms with Crippen molar-refractivity contribution in [1.29, 1.82) is 0 Å². The monoisotopic (exact) mass is 426 g/mol. The summed E-state index contributed by atoms with van der Waals surface area (Å²) in [5.74, 6) is -0.797. The van der Waals surface area contributed by atoms with Crippen molar-refractivity contribution < 1.29 is 9.59 Å². The third kappa shape index (κ3) is 4.91. The zero-order valence-electron chi connectivity index (χ0n) is 18.8. The number of carbonyl (C=O) groups is 2. The van der Waals surface area contributed by atoms with Crippen molar-refractivity contribution in [1.82, 2.24) is 10.2 Å². The van der Waals surface area contributed by atoms with E-state index < -0.39 is 5.92 Å². The average Bonchev–Trinajstić information content (AvgIpc) is 2.86. The molecule has 4 nitrogen and oxygen atoms in total. The van der Waals surface area contributed by atoms with Crippen LogP contribution in [0.5, 0.6) is 0 Å². The van der Waals surface area contributed by atoms with Crippen LogP contribution in [0.15, 0.2) is 78.9 Å². The Hall–Kier alpha value is -3.40. The fourth-order valence-corrected chi connectivity index (χ4v) is 4.25. The molecule has 32 heavy (non-hydrogen) atoms. The highest BCUT2D eigenvalue weighted by Crippen LogP contribution is 2.23. The summed E-state index contributed by atoms with van der Waals surface area (Å²) in [4.78, 5) is 27.8. The van der Waals surface area contributed by atoms with Gasteiger partial charge in [-0.15, -0.1) is 0 Å². The van der Waals surface area contributed by atoms with Crippen molar-refractivity contribution in [2.75, 3.05) is 6.54 Å². The van der Waals surface area contributed by atoms with Gasteiger partial charge in [0, 0.05) is 31.5 Å². The van der Waals surface area contributed by atoms with Gasteiger partial charge in [-0.1, -0.05) is 86.6 Å². The van der Waals surface area contributed by atoms with Gasteiger partial charge in [0.1, 0.15) is 0 Å². The summed E-state index contributed by atoms with van der Waals surface area (Å²) in [6.07, 6.45) is 0.868. The van der Waals surface area contributed by atoms with Gasteiger partial charge >= 0.3 is 0 Å². The van der Waals surface area contributed by atoms with Gasteiger partial charge in [0.15, 0.2) is 0 Å². The van der Waals surface area contributed by atoms with E-state index in [0.717, 1.165) is 23.1 Å². The maximum Gasteiger partial charge on any atom is 0.226 e. The summed E-state index contributed by atoms with van der Waals surface area (Å²) in [6.45, 7) is 5.49. The van der Waals surface area contributed by atoms with Gasteiger partial charge in [0.2, 0.25) is 11.8 Å². The smallest absolute Gasteiger partial charge is 0.226 e.